The molecule has 1 aliphatic rings. The van der Waals surface area contributed by atoms with E-state index in [1.807, 2.05) is 12.1 Å². The van der Waals surface area contributed by atoms with Crippen LogP contribution in [-0.4, -0.2) is 25.1 Å². The van der Waals surface area contributed by atoms with Crippen molar-refractivity contribution in [1.82, 2.24) is 4.90 Å². The Morgan fingerprint density at radius 2 is 2.22 bits per heavy atom. The fourth-order valence-electron chi connectivity index (χ4n) is 2.28. The summed E-state index contributed by atoms with van der Waals surface area (Å²) in [7, 11) is 1.72. The van der Waals surface area contributed by atoms with Crippen molar-refractivity contribution >= 4 is 0 Å². The number of nitrogens with zero attached hydrogens (tertiary/aromatic N) is 1. The molecule has 0 aliphatic carbocycles. The third-order valence-electron chi connectivity index (χ3n) is 3.49. The minimum Gasteiger partial charge on any atom is -0.496 e. The van der Waals surface area contributed by atoms with Crippen molar-refractivity contribution in [2.45, 2.75) is 26.4 Å². The van der Waals surface area contributed by atoms with Gasteiger partial charge in [-0.15, -0.1) is 0 Å². The van der Waals surface area contributed by atoms with E-state index in [4.69, 9.17) is 10.5 Å². The Bertz CT molecular complexity index is 440. The molecule has 1 aromatic rings. The van der Waals surface area contributed by atoms with Gasteiger partial charge >= 0.3 is 0 Å². The summed E-state index contributed by atoms with van der Waals surface area (Å²) in [5.41, 5.74) is 9.58. The maximum atomic E-state index is 5.70. The first-order valence-corrected chi connectivity index (χ1v) is 6.46. The highest BCUT2D eigenvalue weighted by Crippen LogP contribution is 2.23. The summed E-state index contributed by atoms with van der Waals surface area (Å²) in [4.78, 5) is 2.44. The highest BCUT2D eigenvalue weighted by molar-refractivity contribution is 5.37. The van der Waals surface area contributed by atoms with Crippen LogP contribution >= 0.6 is 0 Å². The molecule has 0 saturated carbocycles. The van der Waals surface area contributed by atoms with E-state index < -0.39 is 0 Å². The first-order chi connectivity index (χ1) is 8.72. The zero-order valence-electron chi connectivity index (χ0n) is 11.3. The van der Waals surface area contributed by atoms with Crippen LogP contribution in [0.25, 0.3) is 0 Å². The van der Waals surface area contributed by atoms with Crippen molar-refractivity contribution in [3.8, 4) is 5.75 Å². The zero-order chi connectivity index (χ0) is 13.0. The fourth-order valence-corrected chi connectivity index (χ4v) is 2.28. The molecule has 1 aromatic carbocycles. The quantitative estimate of drug-likeness (QED) is 0.829. The van der Waals surface area contributed by atoms with Gasteiger partial charge in [-0.3, -0.25) is 4.90 Å². The summed E-state index contributed by atoms with van der Waals surface area (Å²) in [6.45, 7) is 5.87. The molecule has 0 saturated heterocycles. The van der Waals surface area contributed by atoms with Gasteiger partial charge in [0.25, 0.3) is 0 Å². The summed E-state index contributed by atoms with van der Waals surface area (Å²) < 4.78 is 5.42. The molecule has 2 rings (SSSR count). The maximum Gasteiger partial charge on any atom is 0.123 e. The van der Waals surface area contributed by atoms with Gasteiger partial charge in [-0.05, 0) is 31.0 Å². The Labute approximate surface area is 109 Å². The van der Waals surface area contributed by atoms with Gasteiger partial charge in [0.15, 0.2) is 0 Å². The van der Waals surface area contributed by atoms with E-state index in [-0.39, 0.29) is 0 Å². The van der Waals surface area contributed by atoms with Gasteiger partial charge < -0.3 is 10.5 Å². The van der Waals surface area contributed by atoms with Crippen LogP contribution in [0.5, 0.6) is 5.75 Å². The van der Waals surface area contributed by atoms with Gasteiger partial charge in [0.05, 0.1) is 7.11 Å². The van der Waals surface area contributed by atoms with Crippen molar-refractivity contribution in [2.24, 2.45) is 5.73 Å². The molecule has 0 bridgehead atoms. The lowest BCUT2D eigenvalue weighted by Crippen LogP contribution is -2.28. The Balaban J connectivity index is 2.12. The molecule has 18 heavy (non-hydrogen) atoms. The molecule has 3 heteroatoms. The van der Waals surface area contributed by atoms with E-state index in [1.54, 1.807) is 7.11 Å². The lowest BCUT2D eigenvalue weighted by molar-refractivity contribution is 0.280. The second kappa shape index (κ2) is 6.03. The summed E-state index contributed by atoms with van der Waals surface area (Å²) in [5, 5.41) is 0. The number of ether oxygens (including phenoxy) is 1. The molecule has 0 unspecified atom stereocenters. The van der Waals surface area contributed by atoms with Gasteiger partial charge in [-0.25, -0.2) is 0 Å². The molecule has 2 N–H and O–H groups in total. The maximum absolute atomic E-state index is 5.70. The number of hydrogen-bond donors (Lipinski definition) is 1. The van der Waals surface area contributed by atoms with E-state index in [2.05, 4.69) is 24.0 Å². The van der Waals surface area contributed by atoms with Crippen LogP contribution in [0, 0.1) is 0 Å². The molecule has 0 radical (unpaired) electrons. The van der Waals surface area contributed by atoms with Crippen LogP contribution in [0.4, 0.5) is 0 Å². The van der Waals surface area contributed by atoms with E-state index in [1.165, 1.54) is 17.6 Å². The van der Waals surface area contributed by atoms with Gasteiger partial charge in [0.2, 0.25) is 0 Å². The van der Waals surface area contributed by atoms with E-state index in [0.29, 0.717) is 6.54 Å². The smallest absolute Gasteiger partial charge is 0.123 e. The predicted molar refractivity (Wildman–Crippen MR) is 74.5 cm³/mol. The van der Waals surface area contributed by atoms with Crippen molar-refractivity contribution in [1.29, 1.82) is 0 Å². The standard InChI is InChI=1S/C15H22N2O/c1-12-5-7-17(8-6-12)11-14-9-13(10-16)3-4-15(14)18-2/h3-5,9H,6-8,10-11,16H2,1-2H3. The van der Waals surface area contributed by atoms with Crippen LogP contribution in [0.2, 0.25) is 0 Å². The number of benzene rings is 1. The van der Waals surface area contributed by atoms with Crippen LogP contribution in [-0.2, 0) is 13.1 Å². The summed E-state index contributed by atoms with van der Waals surface area (Å²) in [6, 6.07) is 6.20. The molecular formula is C15H22N2O. The first-order valence-electron chi connectivity index (χ1n) is 6.46. The van der Waals surface area contributed by atoms with Crippen molar-refractivity contribution in [3.63, 3.8) is 0 Å². The van der Waals surface area contributed by atoms with Crippen LogP contribution in [0.1, 0.15) is 24.5 Å². The molecule has 98 valence electrons. The van der Waals surface area contributed by atoms with Gasteiger partial charge in [0.1, 0.15) is 5.75 Å². The molecule has 1 heterocycles. The second-order valence-electron chi connectivity index (χ2n) is 4.89. The Morgan fingerprint density at radius 3 is 2.83 bits per heavy atom. The van der Waals surface area contributed by atoms with Gasteiger partial charge in [0, 0.05) is 31.7 Å². The largest absolute Gasteiger partial charge is 0.496 e. The van der Waals surface area contributed by atoms with Gasteiger partial charge in [-0.1, -0.05) is 17.7 Å². The van der Waals surface area contributed by atoms with Gasteiger partial charge in [-0.2, -0.15) is 0 Å². The van der Waals surface area contributed by atoms with E-state index >= 15 is 0 Å². The topological polar surface area (TPSA) is 38.5 Å². The minimum absolute atomic E-state index is 0.579. The van der Waals surface area contributed by atoms with E-state index in [0.717, 1.165) is 30.9 Å². The second-order valence-corrected chi connectivity index (χ2v) is 4.89. The summed E-state index contributed by atoms with van der Waals surface area (Å²) in [5.74, 6) is 0.957. The van der Waals surface area contributed by atoms with Crippen LogP contribution in [0.15, 0.2) is 29.8 Å². The molecule has 0 fully saturated rings. The molecule has 0 spiro atoms. The zero-order valence-corrected chi connectivity index (χ0v) is 11.3. The molecule has 0 aromatic heterocycles. The third kappa shape index (κ3) is 3.12. The average Bonchev–Trinajstić information content (AvgIpc) is 2.41. The van der Waals surface area contributed by atoms with E-state index in [9.17, 15) is 0 Å². The highest BCUT2D eigenvalue weighted by Gasteiger charge is 2.12. The Hall–Kier alpha value is -1.32. The summed E-state index contributed by atoms with van der Waals surface area (Å²) >= 11 is 0. The number of rotatable bonds is 4. The molecular weight excluding hydrogens is 224 g/mol. The highest BCUT2D eigenvalue weighted by atomic mass is 16.5. The molecule has 0 amide bonds. The normalized spacial score (nSPS) is 16.5. The Kier molecular flexibility index (Phi) is 4.39. The van der Waals surface area contributed by atoms with Crippen LogP contribution < -0.4 is 10.5 Å². The fraction of sp³-hybridized carbons (Fsp3) is 0.467. The lowest BCUT2D eigenvalue weighted by atomic mass is 10.1. The van der Waals surface area contributed by atoms with Crippen LogP contribution in [0.3, 0.4) is 0 Å². The van der Waals surface area contributed by atoms with Crippen molar-refractivity contribution in [3.05, 3.63) is 41.0 Å². The molecule has 1 aliphatic heterocycles. The number of nitrogens with two attached hydrogens (primary N) is 1. The molecule has 3 nitrogen and oxygen atoms in total. The minimum atomic E-state index is 0.579. The predicted octanol–water partition coefficient (Wildman–Crippen LogP) is 2.31. The third-order valence-corrected chi connectivity index (χ3v) is 3.49. The van der Waals surface area contributed by atoms with Crippen molar-refractivity contribution < 1.29 is 4.74 Å². The average molecular weight is 246 g/mol. The lowest BCUT2D eigenvalue weighted by Gasteiger charge is -2.26. The molecule has 0 atom stereocenters. The van der Waals surface area contributed by atoms with Crippen molar-refractivity contribution in [2.75, 3.05) is 20.2 Å². The first kappa shape index (κ1) is 13.1. The number of methoxy groups -OCH3 is 1. The number of hydrogen-bond acceptors (Lipinski definition) is 3. The SMILES string of the molecule is COc1ccc(CN)cc1CN1CC=C(C)CC1. The summed E-state index contributed by atoms with van der Waals surface area (Å²) in [6.07, 6.45) is 3.47. The monoisotopic (exact) mass is 246 g/mol. The Morgan fingerprint density at radius 1 is 1.39 bits per heavy atom.